The maximum absolute atomic E-state index is 10.4. The van der Waals surface area contributed by atoms with Crippen LogP contribution in [0.15, 0.2) is 41.7 Å². The van der Waals surface area contributed by atoms with Crippen molar-refractivity contribution in [2.75, 3.05) is 6.61 Å². The van der Waals surface area contributed by atoms with E-state index in [2.05, 4.69) is 18.0 Å². The molecule has 6 nitrogen and oxygen atoms in total. The molecular weight excluding hydrogens is 378 g/mol. The van der Waals surface area contributed by atoms with Gasteiger partial charge in [0, 0.05) is 29.4 Å². The van der Waals surface area contributed by atoms with Gasteiger partial charge in [0.05, 0.1) is 11.1 Å². The van der Waals surface area contributed by atoms with E-state index in [1.807, 2.05) is 18.2 Å². The van der Waals surface area contributed by atoms with Crippen LogP contribution in [0.4, 0.5) is 0 Å². The van der Waals surface area contributed by atoms with Crippen LogP contribution in [0, 0.1) is 5.92 Å². The number of aliphatic hydroxyl groups excluding tert-OH is 1. The Labute approximate surface area is 168 Å². The van der Waals surface area contributed by atoms with Crippen molar-refractivity contribution in [3.8, 4) is 16.9 Å². The van der Waals surface area contributed by atoms with E-state index >= 15 is 0 Å². The average molecular weight is 400 g/mol. The first-order chi connectivity index (χ1) is 13.4. The molecule has 0 amide bonds. The Hall–Kier alpha value is -2.31. The van der Waals surface area contributed by atoms with Crippen molar-refractivity contribution in [1.82, 2.24) is 4.98 Å². The first-order valence-electron chi connectivity index (χ1n) is 9.50. The lowest BCUT2D eigenvalue weighted by molar-refractivity contribution is -0.0988. The average Bonchev–Trinajstić information content (AvgIpc) is 3.06. The summed E-state index contributed by atoms with van der Waals surface area (Å²) >= 11 is 6.13. The SMILES string of the molecule is CC12CCC(O)CC1C1(COC(N)=N1)c1cc(-c3cncc(Cl)c3)ccc1O2. The van der Waals surface area contributed by atoms with Gasteiger partial charge in [-0.2, -0.15) is 0 Å². The second kappa shape index (κ2) is 6.09. The van der Waals surface area contributed by atoms with Crippen LogP contribution in [0.3, 0.4) is 0 Å². The summed E-state index contributed by atoms with van der Waals surface area (Å²) in [5.74, 6) is 0.751. The van der Waals surface area contributed by atoms with E-state index in [1.165, 1.54) is 0 Å². The van der Waals surface area contributed by atoms with E-state index < -0.39 is 11.1 Å². The number of rotatable bonds is 1. The molecule has 0 radical (unpaired) electrons. The Bertz CT molecular complexity index is 981. The van der Waals surface area contributed by atoms with Crippen molar-refractivity contribution in [2.45, 2.75) is 43.4 Å². The van der Waals surface area contributed by atoms with E-state index in [0.29, 0.717) is 24.5 Å². The van der Waals surface area contributed by atoms with Gasteiger partial charge in [-0.1, -0.05) is 17.7 Å². The highest BCUT2D eigenvalue weighted by Crippen LogP contribution is 2.57. The van der Waals surface area contributed by atoms with Crippen molar-refractivity contribution in [2.24, 2.45) is 16.6 Å². The molecule has 1 aromatic carbocycles. The Morgan fingerprint density at radius 2 is 2.11 bits per heavy atom. The second-order valence-corrected chi connectivity index (χ2v) is 8.60. The summed E-state index contributed by atoms with van der Waals surface area (Å²) in [7, 11) is 0. The molecule has 1 saturated carbocycles. The molecule has 0 saturated heterocycles. The minimum atomic E-state index is -0.671. The fraction of sp³-hybridized carbons (Fsp3) is 0.429. The Morgan fingerprint density at radius 3 is 2.86 bits per heavy atom. The number of aromatic nitrogens is 1. The predicted molar refractivity (Wildman–Crippen MR) is 106 cm³/mol. The zero-order chi connectivity index (χ0) is 19.5. The van der Waals surface area contributed by atoms with E-state index in [0.717, 1.165) is 28.9 Å². The van der Waals surface area contributed by atoms with Gasteiger partial charge in [-0.25, -0.2) is 4.99 Å². The number of nitrogens with two attached hydrogens (primary N) is 1. The summed E-state index contributed by atoms with van der Waals surface area (Å²) in [4.78, 5) is 8.97. The number of amidine groups is 1. The zero-order valence-corrected chi connectivity index (χ0v) is 16.3. The topological polar surface area (TPSA) is 90.0 Å². The molecule has 5 rings (SSSR count). The maximum Gasteiger partial charge on any atom is 0.283 e. The molecule has 1 fully saturated rings. The predicted octanol–water partition coefficient (Wildman–Crippen LogP) is 3.25. The van der Waals surface area contributed by atoms with Gasteiger partial charge in [0.2, 0.25) is 0 Å². The lowest BCUT2D eigenvalue weighted by Gasteiger charge is -2.53. The molecule has 0 bridgehead atoms. The molecule has 4 atom stereocenters. The summed E-state index contributed by atoms with van der Waals surface area (Å²) in [5.41, 5.74) is 7.68. The van der Waals surface area contributed by atoms with Crippen LogP contribution in [-0.2, 0) is 10.3 Å². The summed E-state index contributed by atoms with van der Waals surface area (Å²) in [6, 6.07) is 8.11. The van der Waals surface area contributed by atoms with E-state index in [1.54, 1.807) is 12.4 Å². The van der Waals surface area contributed by atoms with Crippen LogP contribution < -0.4 is 10.5 Å². The number of aliphatic hydroxyl groups is 1. The van der Waals surface area contributed by atoms with Crippen molar-refractivity contribution in [1.29, 1.82) is 0 Å². The third-order valence-electron chi connectivity index (χ3n) is 6.37. The van der Waals surface area contributed by atoms with Gasteiger partial charge in [0.1, 0.15) is 23.5 Å². The molecule has 4 unspecified atom stereocenters. The van der Waals surface area contributed by atoms with E-state index in [4.69, 9.17) is 31.8 Å². The van der Waals surface area contributed by atoms with Crippen LogP contribution >= 0.6 is 11.6 Å². The Kier molecular flexibility index (Phi) is 3.87. The maximum atomic E-state index is 10.4. The third kappa shape index (κ3) is 2.58. The molecule has 1 spiro atoms. The van der Waals surface area contributed by atoms with Crippen LogP contribution in [-0.4, -0.2) is 34.4 Å². The largest absolute Gasteiger partial charge is 0.487 e. The molecule has 146 valence electrons. The molecule has 2 aliphatic heterocycles. The smallest absolute Gasteiger partial charge is 0.283 e. The minimum absolute atomic E-state index is 0.0370. The van der Waals surface area contributed by atoms with Crippen molar-refractivity contribution in [3.63, 3.8) is 0 Å². The number of pyridine rings is 1. The molecule has 3 N–H and O–H groups in total. The Morgan fingerprint density at radius 1 is 1.25 bits per heavy atom. The van der Waals surface area contributed by atoms with E-state index in [9.17, 15) is 5.11 Å². The molecule has 1 aromatic heterocycles. The number of ether oxygens (including phenoxy) is 2. The van der Waals surface area contributed by atoms with Gasteiger partial charge in [0.15, 0.2) is 0 Å². The molecule has 3 aliphatic rings. The van der Waals surface area contributed by atoms with Gasteiger partial charge >= 0.3 is 0 Å². The van der Waals surface area contributed by atoms with Gasteiger partial charge in [-0.05, 0) is 49.9 Å². The van der Waals surface area contributed by atoms with Crippen molar-refractivity contribution in [3.05, 3.63) is 47.2 Å². The van der Waals surface area contributed by atoms with Gasteiger partial charge in [-0.15, -0.1) is 0 Å². The highest BCUT2D eigenvalue weighted by atomic mass is 35.5. The fourth-order valence-electron chi connectivity index (χ4n) is 5.00. The number of nitrogens with zero attached hydrogens (tertiary/aromatic N) is 2. The monoisotopic (exact) mass is 399 g/mol. The minimum Gasteiger partial charge on any atom is -0.487 e. The molecule has 1 aliphatic carbocycles. The fourth-order valence-corrected chi connectivity index (χ4v) is 5.17. The highest BCUT2D eigenvalue weighted by molar-refractivity contribution is 6.30. The highest BCUT2D eigenvalue weighted by Gasteiger charge is 2.60. The molecule has 2 aromatic rings. The standard InChI is InChI=1S/C21H22ClN3O3/c1-20-5-4-15(26)8-18(20)21(11-27-19(23)25-21)16-7-12(2-3-17(16)28-20)13-6-14(22)10-24-9-13/h2-3,6-7,9-10,15,18,26H,4-5,8,11H2,1H3,(H2,23,25). The normalized spacial score (nSPS) is 33.5. The van der Waals surface area contributed by atoms with Crippen LogP contribution in [0.5, 0.6) is 5.75 Å². The first kappa shape index (κ1) is 17.8. The number of hydrogen-bond acceptors (Lipinski definition) is 6. The summed E-state index contributed by atoms with van der Waals surface area (Å²) in [6.45, 7) is 2.45. The number of fused-ring (bicyclic) bond motifs is 4. The van der Waals surface area contributed by atoms with Crippen molar-refractivity contribution < 1.29 is 14.6 Å². The lowest BCUT2D eigenvalue weighted by Crippen LogP contribution is -2.58. The first-order valence-corrected chi connectivity index (χ1v) is 9.88. The number of hydrogen-bond donors (Lipinski definition) is 2. The Balaban J connectivity index is 1.69. The molecular formula is C21H22ClN3O3. The van der Waals surface area contributed by atoms with Crippen molar-refractivity contribution >= 4 is 17.6 Å². The number of halogens is 1. The van der Waals surface area contributed by atoms with Crippen LogP contribution in [0.1, 0.15) is 31.7 Å². The quantitative estimate of drug-likeness (QED) is 0.768. The van der Waals surface area contributed by atoms with E-state index in [-0.39, 0.29) is 18.0 Å². The van der Waals surface area contributed by atoms with Gasteiger partial charge in [0.25, 0.3) is 6.02 Å². The number of benzene rings is 1. The number of aliphatic imine (C=N–C) groups is 1. The molecule has 7 heteroatoms. The molecule has 3 heterocycles. The lowest BCUT2D eigenvalue weighted by atomic mass is 9.62. The summed E-state index contributed by atoms with van der Waals surface area (Å²) in [6.07, 6.45) is 5.08. The van der Waals surface area contributed by atoms with Crippen LogP contribution in [0.2, 0.25) is 5.02 Å². The van der Waals surface area contributed by atoms with Gasteiger partial charge in [-0.3, -0.25) is 4.98 Å². The molecule has 28 heavy (non-hydrogen) atoms. The van der Waals surface area contributed by atoms with Crippen LogP contribution in [0.25, 0.3) is 11.1 Å². The second-order valence-electron chi connectivity index (χ2n) is 8.16. The summed E-state index contributed by atoms with van der Waals surface area (Å²) < 4.78 is 12.1. The van der Waals surface area contributed by atoms with Gasteiger partial charge < -0.3 is 20.3 Å². The zero-order valence-electron chi connectivity index (χ0n) is 15.6. The summed E-state index contributed by atoms with van der Waals surface area (Å²) in [5, 5.41) is 11.0. The third-order valence-corrected chi connectivity index (χ3v) is 6.58.